The molecule has 0 aliphatic carbocycles. The fourth-order valence-corrected chi connectivity index (χ4v) is 2.79. The molecule has 2 aromatic rings. The summed E-state index contributed by atoms with van der Waals surface area (Å²) in [7, 11) is 0. The maximum absolute atomic E-state index is 12.0. The number of esters is 1. The second-order valence-corrected chi connectivity index (χ2v) is 5.79. The minimum absolute atomic E-state index is 0.0486. The monoisotopic (exact) mass is 329 g/mol. The van der Waals surface area contributed by atoms with E-state index < -0.39 is 5.97 Å². The first-order valence-corrected chi connectivity index (χ1v) is 7.84. The Bertz CT molecular complexity index is 697. The number of carbonyl (C=O) groups is 2. The Morgan fingerprint density at radius 2 is 2.08 bits per heavy atom. The Kier molecular flexibility index (Phi) is 4.79. The number of anilines is 1. The fraction of sp³-hybridized carbons (Fsp3) is 0.353. The molecule has 1 fully saturated rings. The smallest absolute Gasteiger partial charge is 0.338 e. The number of benzene rings is 1. The van der Waals surface area contributed by atoms with Gasteiger partial charge in [-0.15, -0.1) is 0 Å². The maximum atomic E-state index is 12.0. The van der Waals surface area contributed by atoms with Crippen molar-refractivity contribution in [3.05, 3.63) is 47.9 Å². The van der Waals surface area contributed by atoms with Crippen LogP contribution in [0, 0.1) is 5.92 Å². The normalized spacial score (nSPS) is 17.5. The van der Waals surface area contributed by atoms with Crippen molar-refractivity contribution in [2.24, 2.45) is 11.7 Å². The number of rotatable bonds is 5. The van der Waals surface area contributed by atoms with Crippen molar-refractivity contribution >= 4 is 17.6 Å². The zero-order valence-corrected chi connectivity index (χ0v) is 13.2. The summed E-state index contributed by atoms with van der Waals surface area (Å²) in [5.41, 5.74) is 6.83. The third kappa shape index (κ3) is 3.73. The molecule has 1 aromatic carbocycles. The number of amides is 1. The quantitative estimate of drug-likeness (QED) is 0.839. The number of ether oxygens (including phenoxy) is 1. The molecule has 2 heterocycles. The minimum Gasteiger partial charge on any atom is -0.454 e. The van der Waals surface area contributed by atoms with Crippen LogP contribution in [0.2, 0.25) is 0 Å². The number of hydrogen-bond acceptors (Lipinski definition) is 6. The Morgan fingerprint density at radius 1 is 1.29 bits per heavy atom. The predicted molar refractivity (Wildman–Crippen MR) is 86.2 cm³/mol. The molecule has 0 saturated carbocycles. The Balaban J connectivity index is 1.60. The van der Waals surface area contributed by atoms with Crippen LogP contribution in [0.3, 0.4) is 0 Å². The lowest BCUT2D eigenvalue weighted by Crippen LogP contribution is -2.41. The number of nitrogens with two attached hydrogens (primary N) is 1. The number of hydrogen-bond donors (Lipinski definition) is 1. The molecular weight excluding hydrogens is 310 g/mol. The Hall–Kier alpha value is -2.83. The highest BCUT2D eigenvalue weighted by Crippen LogP contribution is 2.23. The van der Waals surface area contributed by atoms with E-state index >= 15 is 0 Å². The zero-order chi connectivity index (χ0) is 16.9. The minimum atomic E-state index is -0.424. The first-order valence-electron chi connectivity index (χ1n) is 7.84. The van der Waals surface area contributed by atoms with Crippen molar-refractivity contribution in [2.45, 2.75) is 19.4 Å². The summed E-state index contributed by atoms with van der Waals surface area (Å²) in [6.45, 7) is 1.54. The van der Waals surface area contributed by atoms with Crippen molar-refractivity contribution < 1.29 is 18.8 Å². The Morgan fingerprint density at radius 3 is 2.75 bits per heavy atom. The summed E-state index contributed by atoms with van der Waals surface area (Å²) in [5.74, 6) is -0.310. The molecule has 1 atom stereocenters. The number of primary amides is 1. The molecule has 1 aromatic heterocycles. The molecule has 1 amide bonds. The molecule has 1 aliphatic heterocycles. The molecule has 1 saturated heterocycles. The lowest BCUT2D eigenvalue weighted by molar-refractivity contribution is -0.122. The first-order chi connectivity index (χ1) is 11.6. The van der Waals surface area contributed by atoms with Crippen molar-refractivity contribution in [1.29, 1.82) is 0 Å². The van der Waals surface area contributed by atoms with E-state index in [1.807, 2.05) is 12.1 Å². The average molecular weight is 329 g/mol. The summed E-state index contributed by atoms with van der Waals surface area (Å²) < 4.78 is 10.0. The van der Waals surface area contributed by atoms with Gasteiger partial charge in [0, 0.05) is 24.8 Å². The molecular formula is C17H19N3O4. The number of nitrogens with zero attached hydrogens (tertiary/aromatic N) is 2. The first kappa shape index (κ1) is 16.0. The molecule has 0 unspecified atom stereocenters. The lowest BCUT2D eigenvalue weighted by atomic mass is 9.97. The van der Waals surface area contributed by atoms with Crippen LogP contribution in [0.25, 0.3) is 0 Å². The van der Waals surface area contributed by atoms with E-state index in [2.05, 4.69) is 10.1 Å². The largest absolute Gasteiger partial charge is 0.454 e. The summed E-state index contributed by atoms with van der Waals surface area (Å²) in [6, 6.07) is 8.78. The van der Waals surface area contributed by atoms with Crippen molar-refractivity contribution in [3.8, 4) is 0 Å². The van der Waals surface area contributed by atoms with Crippen LogP contribution in [0.4, 0.5) is 5.69 Å². The molecule has 7 nitrogen and oxygen atoms in total. The van der Waals surface area contributed by atoms with Gasteiger partial charge in [0.05, 0.1) is 17.7 Å². The molecule has 7 heteroatoms. The summed E-state index contributed by atoms with van der Waals surface area (Å²) in [6.07, 6.45) is 3.25. The maximum Gasteiger partial charge on any atom is 0.338 e. The van der Waals surface area contributed by atoms with Gasteiger partial charge >= 0.3 is 5.97 Å². The predicted octanol–water partition coefficient (Wildman–Crippen LogP) is 1.73. The second-order valence-electron chi connectivity index (χ2n) is 5.79. The van der Waals surface area contributed by atoms with E-state index in [4.69, 9.17) is 15.0 Å². The van der Waals surface area contributed by atoms with Gasteiger partial charge in [-0.2, -0.15) is 0 Å². The van der Waals surface area contributed by atoms with E-state index in [-0.39, 0.29) is 18.4 Å². The highest BCUT2D eigenvalue weighted by molar-refractivity contribution is 5.89. The van der Waals surface area contributed by atoms with Gasteiger partial charge in [-0.25, -0.2) is 4.79 Å². The van der Waals surface area contributed by atoms with Crippen molar-refractivity contribution in [3.63, 3.8) is 0 Å². The molecule has 0 radical (unpaired) electrons. The highest BCUT2D eigenvalue weighted by Gasteiger charge is 2.24. The van der Waals surface area contributed by atoms with E-state index in [9.17, 15) is 9.59 Å². The summed E-state index contributed by atoms with van der Waals surface area (Å²) in [5, 5.41) is 3.55. The molecule has 3 rings (SSSR count). The summed E-state index contributed by atoms with van der Waals surface area (Å²) in [4.78, 5) is 25.5. The topological polar surface area (TPSA) is 98.7 Å². The van der Waals surface area contributed by atoms with Crippen LogP contribution in [0.5, 0.6) is 0 Å². The van der Waals surface area contributed by atoms with E-state index in [0.29, 0.717) is 17.9 Å². The molecule has 1 aliphatic rings. The van der Waals surface area contributed by atoms with Crippen LogP contribution in [0.15, 0.2) is 41.1 Å². The molecule has 0 spiro atoms. The van der Waals surface area contributed by atoms with Crippen LogP contribution in [-0.4, -0.2) is 30.1 Å². The lowest BCUT2D eigenvalue weighted by Gasteiger charge is -2.33. The van der Waals surface area contributed by atoms with Gasteiger partial charge < -0.3 is 19.9 Å². The standard InChI is InChI=1S/C17H19N3O4/c18-16(21)13-2-1-9-20(10-13)14-5-3-12(4-6-14)17(22)23-11-15-7-8-19-24-15/h3-8,13H,1-2,9-11H2,(H2,18,21)/t13-/m0/s1. The second kappa shape index (κ2) is 7.16. The van der Waals surface area contributed by atoms with Gasteiger partial charge in [-0.3, -0.25) is 4.79 Å². The third-order valence-corrected chi connectivity index (χ3v) is 4.13. The van der Waals surface area contributed by atoms with Crippen molar-refractivity contribution in [1.82, 2.24) is 5.16 Å². The highest BCUT2D eigenvalue weighted by atomic mass is 16.5. The van der Waals surface area contributed by atoms with Gasteiger partial charge in [0.15, 0.2) is 12.4 Å². The van der Waals surface area contributed by atoms with Crippen LogP contribution in [-0.2, 0) is 16.1 Å². The molecule has 0 bridgehead atoms. The van der Waals surface area contributed by atoms with E-state index in [1.165, 1.54) is 6.20 Å². The van der Waals surface area contributed by atoms with E-state index in [1.54, 1.807) is 18.2 Å². The van der Waals surface area contributed by atoms with Crippen molar-refractivity contribution in [2.75, 3.05) is 18.0 Å². The van der Waals surface area contributed by atoms with Crippen LogP contribution < -0.4 is 10.6 Å². The van der Waals surface area contributed by atoms with Gasteiger partial charge in [0.25, 0.3) is 0 Å². The Labute approximate surface area is 139 Å². The van der Waals surface area contributed by atoms with Gasteiger partial charge in [-0.05, 0) is 37.1 Å². The third-order valence-electron chi connectivity index (χ3n) is 4.13. The average Bonchev–Trinajstić information content (AvgIpc) is 3.13. The van der Waals surface area contributed by atoms with Crippen LogP contribution >= 0.6 is 0 Å². The molecule has 2 N–H and O–H groups in total. The number of carbonyl (C=O) groups excluding carboxylic acids is 2. The fourth-order valence-electron chi connectivity index (χ4n) is 2.79. The van der Waals surface area contributed by atoms with E-state index in [0.717, 1.165) is 25.1 Å². The number of piperidine rings is 1. The van der Waals surface area contributed by atoms with Gasteiger partial charge in [0.2, 0.25) is 5.91 Å². The summed E-state index contributed by atoms with van der Waals surface area (Å²) >= 11 is 0. The van der Waals surface area contributed by atoms with Gasteiger partial charge in [-0.1, -0.05) is 5.16 Å². The van der Waals surface area contributed by atoms with Crippen LogP contribution in [0.1, 0.15) is 29.0 Å². The SMILES string of the molecule is NC(=O)[C@H]1CCCN(c2ccc(C(=O)OCc3ccno3)cc2)C1. The molecule has 126 valence electrons. The number of aromatic nitrogens is 1. The van der Waals surface area contributed by atoms with Gasteiger partial charge in [0.1, 0.15) is 0 Å². The zero-order valence-electron chi connectivity index (χ0n) is 13.2. The molecule has 24 heavy (non-hydrogen) atoms.